The number of rotatable bonds is 7. The van der Waals surface area contributed by atoms with Gasteiger partial charge in [-0.1, -0.05) is 79.5 Å². The number of nitrogens with two attached hydrogens (primary N) is 2. The molecule has 0 aliphatic heterocycles. The van der Waals surface area contributed by atoms with Gasteiger partial charge in [-0.25, -0.2) is 37.1 Å². The van der Waals surface area contributed by atoms with Crippen LogP contribution in [0.25, 0.3) is 44.3 Å². The Balaban J connectivity index is 0.000000193. The highest BCUT2D eigenvalue weighted by Crippen LogP contribution is 2.37. The molecular formula is C40H30Cl2F4N6O5. The molecule has 7 aromatic rings. The molecule has 4 heterocycles. The van der Waals surface area contributed by atoms with E-state index in [1.165, 1.54) is 24.4 Å². The number of aromatic amines is 1. The first-order chi connectivity index (χ1) is 27.2. The third kappa shape index (κ3) is 7.58. The van der Waals surface area contributed by atoms with Crippen LogP contribution in [0.5, 0.6) is 0 Å². The number of esters is 2. The second kappa shape index (κ2) is 16.3. The van der Waals surface area contributed by atoms with E-state index in [0.717, 1.165) is 17.2 Å². The highest BCUT2D eigenvalue weighted by atomic mass is 35.5. The third-order valence-electron chi connectivity index (χ3n) is 8.71. The zero-order valence-electron chi connectivity index (χ0n) is 30.1. The van der Waals surface area contributed by atoms with Gasteiger partial charge in [-0.05, 0) is 29.8 Å². The minimum absolute atomic E-state index is 0.0226. The van der Waals surface area contributed by atoms with Crippen molar-refractivity contribution in [2.24, 2.45) is 5.92 Å². The lowest BCUT2D eigenvalue weighted by atomic mass is 10.1. The Morgan fingerprint density at radius 3 is 1.89 bits per heavy atom. The van der Waals surface area contributed by atoms with E-state index in [9.17, 15) is 27.6 Å². The Labute approximate surface area is 331 Å². The van der Waals surface area contributed by atoms with Crippen LogP contribution in [0, 0.1) is 29.2 Å². The SMILES string of the molecule is COC(=O)c1nc(-c2ccc3ccn(C(=O)C(C)C)c3c2F)c(F)c(N)c1Cl.Nc1c(F)c(-c2ccc3cc[nH]c3c2F)nc(C(=O)OCc2ccccc2)c1Cl. The molecule has 0 bridgehead atoms. The fraction of sp³-hybridized carbons (Fsp3) is 0.125. The molecule has 3 aromatic carbocycles. The summed E-state index contributed by atoms with van der Waals surface area (Å²) >= 11 is 11.9. The Kier molecular flexibility index (Phi) is 11.5. The van der Waals surface area contributed by atoms with Crippen LogP contribution in [-0.2, 0) is 16.1 Å². The summed E-state index contributed by atoms with van der Waals surface area (Å²) in [4.78, 5) is 47.3. The van der Waals surface area contributed by atoms with Gasteiger partial charge in [0.05, 0.1) is 39.6 Å². The van der Waals surface area contributed by atoms with E-state index in [0.29, 0.717) is 10.8 Å². The number of carbonyl (C=O) groups is 3. The lowest BCUT2D eigenvalue weighted by Crippen LogP contribution is -2.16. The number of carbonyl (C=O) groups excluding carboxylic acids is 3. The molecular weight excluding hydrogens is 791 g/mol. The smallest absolute Gasteiger partial charge is 0.358 e. The van der Waals surface area contributed by atoms with Crippen LogP contribution in [0.3, 0.4) is 0 Å². The van der Waals surface area contributed by atoms with Gasteiger partial charge in [0.1, 0.15) is 18.0 Å². The van der Waals surface area contributed by atoms with Gasteiger partial charge < -0.3 is 25.9 Å². The normalized spacial score (nSPS) is 11.1. The number of hydrogen-bond acceptors (Lipinski definition) is 9. The van der Waals surface area contributed by atoms with Crippen LogP contribution < -0.4 is 11.5 Å². The molecule has 0 spiro atoms. The molecule has 17 heteroatoms. The zero-order valence-corrected chi connectivity index (χ0v) is 31.6. The lowest BCUT2D eigenvalue weighted by molar-refractivity contribution is 0.0465. The lowest BCUT2D eigenvalue weighted by Gasteiger charge is -2.13. The van der Waals surface area contributed by atoms with E-state index in [1.54, 1.807) is 62.5 Å². The van der Waals surface area contributed by atoms with Gasteiger partial charge in [0.25, 0.3) is 0 Å². The number of H-pyrrole nitrogens is 1. The van der Waals surface area contributed by atoms with Crippen molar-refractivity contribution in [3.05, 3.63) is 129 Å². The van der Waals surface area contributed by atoms with Crippen molar-refractivity contribution in [2.75, 3.05) is 18.6 Å². The molecule has 0 aliphatic rings. The number of anilines is 2. The maximum atomic E-state index is 15.3. The van der Waals surface area contributed by atoms with Crippen LogP contribution >= 0.6 is 23.2 Å². The largest absolute Gasteiger partial charge is 0.464 e. The standard InChI is InChI=1S/C21H14ClF2N3O2.C19H16ClF2N3O3/c22-14-17(25)16(24)19(13-7-6-12-8-9-26-18(12)15(13)23)27-20(14)21(28)29-10-11-4-2-1-3-5-11;1-8(2)18(26)25-7-6-9-4-5-10(12(21)17(9)25)15-13(22)14(23)11(20)16(24-15)19(27)28-3/h1-9,26H,10H2,(H2,25,27);4-8H,1-3H3,(H2,23,24). The second-order valence-electron chi connectivity index (χ2n) is 12.7. The Morgan fingerprint density at radius 2 is 1.32 bits per heavy atom. The molecule has 0 fully saturated rings. The van der Waals surface area contributed by atoms with E-state index < -0.39 is 68.7 Å². The topological polar surface area (TPSA) is 168 Å². The van der Waals surface area contributed by atoms with Crippen LogP contribution in [0.2, 0.25) is 10.0 Å². The van der Waals surface area contributed by atoms with E-state index in [4.69, 9.17) is 39.4 Å². The number of nitrogens with zero attached hydrogens (tertiary/aromatic N) is 3. The van der Waals surface area contributed by atoms with E-state index in [1.807, 2.05) is 6.07 Å². The molecule has 11 nitrogen and oxygen atoms in total. The molecule has 57 heavy (non-hydrogen) atoms. The summed E-state index contributed by atoms with van der Waals surface area (Å²) in [6.07, 6.45) is 3.00. The number of nitrogen functional groups attached to an aromatic ring is 2. The summed E-state index contributed by atoms with van der Waals surface area (Å²) in [7, 11) is 1.09. The highest BCUT2D eigenvalue weighted by molar-refractivity contribution is 6.36. The number of hydrogen-bond donors (Lipinski definition) is 3. The summed E-state index contributed by atoms with van der Waals surface area (Å²) in [5.74, 6) is -6.24. The third-order valence-corrected chi connectivity index (χ3v) is 9.47. The van der Waals surface area contributed by atoms with Gasteiger partial charge >= 0.3 is 11.9 Å². The van der Waals surface area contributed by atoms with E-state index in [-0.39, 0.29) is 51.3 Å². The van der Waals surface area contributed by atoms with E-state index in [2.05, 4.69) is 19.7 Å². The van der Waals surface area contributed by atoms with Gasteiger partial charge in [-0.15, -0.1) is 0 Å². The summed E-state index contributed by atoms with van der Waals surface area (Å²) in [5, 5.41) is 0.250. The maximum absolute atomic E-state index is 15.3. The van der Waals surface area contributed by atoms with E-state index >= 15 is 4.39 Å². The average molecular weight is 822 g/mol. The molecule has 0 aliphatic carbocycles. The van der Waals surface area contributed by atoms with Crippen molar-refractivity contribution in [1.82, 2.24) is 19.5 Å². The van der Waals surface area contributed by atoms with Crippen molar-refractivity contribution in [3.63, 3.8) is 0 Å². The number of methoxy groups -OCH3 is 1. The molecule has 0 radical (unpaired) electrons. The zero-order chi connectivity index (χ0) is 41.3. The van der Waals surface area contributed by atoms with Gasteiger partial charge in [-0.3, -0.25) is 9.36 Å². The molecule has 0 amide bonds. The van der Waals surface area contributed by atoms with Crippen molar-refractivity contribution >= 4 is 74.2 Å². The highest BCUT2D eigenvalue weighted by Gasteiger charge is 2.28. The van der Waals surface area contributed by atoms with Gasteiger partial charge in [0.2, 0.25) is 5.91 Å². The number of benzene rings is 3. The minimum atomic E-state index is -1.08. The fourth-order valence-electron chi connectivity index (χ4n) is 5.75. The molecule has 0 unspecified atom stereocenters. The fourth-order valence-corrected chi connectivity index (χ4v) is 6.15. The first-order valence-electron chi connectivity index (χ1n) is 16.8. The number of aromatic nitrogens is 4. The number of nitrogens with one attached hydrogen (secondary N) is 1. The van der Waals surface area contributed by atoms with Crippen LogP contribution in [0.1, 0.15) is 45.2 Å². The monoisotopic (exact) mass is 820 g/mol. The number of fused-ring (bicyclic) bond motifs is 2. The predicted molar refractivity (Wildman–Crippen MR) is 208 cm³/mol. The molecule has 5 N–H and O–H groups in total. The van der Waals surface area contributed by atoms with Gasteiger partial charge in [0.15, 0.2) is 34.7 Å². The van der Waals surface area contributed by atoms with Crippen molar-refractivity contribution in [3.8, 4) is 22.5 Å². The van der Waals surface area contributed by atoms with Crippen LogP contribution in [-0.4, -0.2) is 44.5 Å². The van der Waals surface area contributed by atoms with Crippen LogP contribution in [0.4, 0.5) is 28.9 Å². The Morgan fingerprint density at radius 1 is 0.754 bits per heavy atom. The molecule has 0 atom stereocenters. The number of ether oxygens (including phenoxy) is 2. The molecule has 7 rings (SSSR count). The van der Waals surface area contributed by atoms with Crippen molar-refractivity contribution in [2.45, 2.75) is 20.5 Å². The molecule has 4 aromatic heterocycles. The Hall–Kier alpha value is -6.45. The summed E-state index contributed by atoms with van der Waals surface area (Å²) < 4.78 is 70.6. The predicted octanol–water partition coefficient (Wildman–Crippen LogP) is 9.40. The second-order valence-corrected chi connectivity index (χ2v) is 13.4. The quantitative estimate of drug-likeness (QED) is 0.105. The number of halogens is 6. The van der Waals surface area contributed by atoms with Crippen LogP contribution in [0.15, 0.2) is 79.1 Å². The summed E-state index contributed by atoms with van der Waals surface area (Å²) in [6, 6.07) is 18.0. The molecule has 292 valence electrons. The van der Waals surface area contributed by atoms with Crippen molar-refractivity contribution in [1.29, 1.82) is 0 Å². The maximum Gasteiger partial charge on any atom is 0.358 e. The Bertz CT molecular complexity index is 2720. The summed E-state index contributed by atoms with van der Waals surface area (Å²) in [5.41, 5.74) is 9.03. The number of pyridine rings is 2. The van der Waals surface area contributed by atoms with Gasteiger partial charge in [0, 0.05) is 40.2 Å². The molecule has 0 saturated heterocycles. The average Bonchev–Trinajstić information content (AvgIpc) is 3.88. The molecule has 0 saturated carbocycles. The first kappa shape index (κ1) is 40.2. The summed E-state index contributed by atoms with van der Waals surface area (Å²) in [6.45, 7) is 3.33. The van der Waals surface area contributed by atoms with Crippen molar-refractivity contribution < 1.29 is 41.4 Å². The first-order valence-corrected chi connectivity index (χ1v) is 17.6. The van der Waals surface area contributed by atoms with Gasteiger partial charge in [-0.2, -0.15) is 0 Å². The minimum Gasteiger partial charge on any atom is -0.464 e.